The fraction of sp³-hybridized carbons (Fsp3) is 0. The van der Waals surface area contributed by atoms with E-state index in [0.717, 1.165) is 27.9 Å². The lowest BCUT2D eigenvalue weighted by Crippen LogP contribution is -1.98. The number of fused-ring (bicyclic) bond motifs is 4. The number of nitrogens with two attached hydrogens (primary N) is 1. The van der Waals surface area contributed by atoms with Gasteiger partial charge in [-0.1, -0.05) is 18.2 Å². The minimum atomic E-state index is -4.35. The van der Waals surface area contributed by atoms with Crippen LogP contribution in [0.3, 0.4) is 0 Å². The molecule has 0 aliphatic heterocycles. The minimum absolute atomic E-state index is 0.174. The van der Waals surface area contributed by atoms with E-state index in [-0.39, 0.29) is 4.90 Å². The molecule has 0 saturated heterocycles. The highest BCUT2D eigenvalue weighted by Crippen LogP contribution is 2.46. The molecule has 8 nitrogen and oxygen atoms in total. The van der Waals surface area contributed by atoms with Crippen LogP contribution in [-0.2, 0) is 19.4 Å². The normalized spacial score (nSPS) is 12.6. The smallest absolute Gasteiger partial charge is 0.282 e. The first-order valence-electron chi connectivity index (χ1n) is 8.02. The molecule has 0 saturated carbocycles. The summed E-state index contributed by atoms with van der Waals surface area (Å²) in [6.07, 6.45) is 0. The summed E-state index contributed by atoms with van der Waals surface area (Å²) in [4.78, 5) is 14.1. The van der Waals surface area contributed by atoms with Gasteiger partial charge in [0.15, 0.2) is 0 Å². The van der Waals surface area contributed by atoms with E-state index in [2.05, 4.69) is 9.32 Å². The predicted octanol–water partition coefficient (Wildman–Crippen LogP) is 3.51. The van der Waals surface area contributed by atoms with Gasteiger partial charge in [-0.15, -0.1) is 9.32 Å². The maximum Gasteiger partial charge on any atom is 0.294 e. The van der Waals surface area contributed by atoms with Crippen LogP contribution in [-0.4, -0.2) is 22.9 Å². The third kappa shape index (κ3) is 2.66. The lowest BCUT2D eigenvalue weighted by molar-refractivity contribution is -0.195. The van der Waals surface area contributed by atoms with E-state index in [1.165, 1.54) is 12.1 Å². The summed E-state index contributed by atoms with van der Waals surface area (Å²) in [5.41, 5.74) is 3.99. The van der Waals surface area contributed by atoms with Crippen molar-refractivity contribution in [3.63, 3.8) is 0 Å². The maximum absolute atomic E-state index is 11.7. The third-order valence-electron chi connectivity index (χ3n) is 4.56. The number of hydrogen-bond acceptors (Lipinski definition) is 8. The van der Waals surface area contributed by atoms with Crippen molar-refractivity contribution < 1.29 is 22.3 Å². The van der Waals surface area contributed by atoms with Gasteiger partial charge >= 0.3 is 0 Å². The van der Waals surface area contributed by atoms with Crippen LogP contribution in [0.1, 0.15) is 0 Å². The SMILES string of the molecule is NOOSc1ccc2nc3c(nc2c1)-c1cccc2cc(S(=O)(=O)O)cc-3c12. The van der Waals surface area contributed by atoms with Crippen LogP contribution < -0.4 is 5.90 Å². The average Bonchev–Trinajstić information content (AvgIpc) is 2.98. The summed E-state index contributed by atoms with van der Waals surface area (Å²) in [7, 11) is -4.35. The predicted molar refractivity (Wildman–Crippen MR) is 104 cm³/mol. The van der Waals surface area contributed by atoms with Crippen LogP contribution in [0.4, 0.5) is 0 Å². The molecule has 0 radical (unpaired) electrons. The number of nitrogens with zero attached hydrogens (tertiary/aromatic N) is 2. The molecule has 0 atom stereocenters. The van der Waals surface area contributed by atoms with Gasteiger partial charge < -0.3 is 0 Å². The summed E-state index contributed by atoms with van der Waals surface area (Å²) in [5.74, 6) is 4.87. The van der Waals surface area contributed by atoms with E-state index in [1.807, 2.05) is 12.1 Å². The second-order valence-corrected chi connectivity index (χ2v) is 8.36. The van der Waals surface area contributed by atoms with Crippen molar-refractivity contribution in [3.05, 3.63) is 48.5 Å². The van der Waals surface area contributed by atoms with E-state index < -0.39 is 10.1 Å². The van der Waals surface area contributed by atoms with Gasteiger partial charge in [-0.05, 0) is 35.7 Å². The molecule has 28 heavy (non-hydrogen) atoms. The molecule has 10 heteroatoms. The van der Waals surface area contributed by atoms with Gasteiger partial charge in [-0.3, -0.25) is 4.55 Å². The highest BCUT2D eigenvalue weighted by molar-refractivity contribution is 7.94. The van der Waals surface area contributed by atoms with Crippen molar-refractivity contribution in [2.24, 2.45) is 5.90 Å². The zero-order chi connectivity index (χ0) is 19.5. The Hall–Kier alpha value is -2.60. The Morgan fingerprint density at radius 1 is 0.964 bits per heavy atom. The van der Waals surface area contributed by atoms with Crippen LogP contribution in [0.2, 0.25) is 0 Å². The van der Waals surface area contributed by atoms with Gasteiger partial charge in [0.1, 0.15) is 0 Å². The molecule has 5 rings (SSSR count). The molecule has 140 valence electrons. The molecule has 1 aliphatic carbocycles. The molecule has 1 aliphatic rings. The molecule has 0 bridgehead atoms. The largest absolute Gasteiger partial charge is 0.294 e. The van der Waals surface area contributed by atoms with Crippen molar-refractivity contribution in [1.82, 2.24) is 9.97 Å². The monoisotopic (exact) mass is 413 g/mol. The summed E-state index contributed by atoms with van der Waals surface area (Å²) in [5, 5.41) is 1.55. The first-order valence-corrected chi connectivity index (χ1v) is 10.2. The molecule has 3 aromatic carbocycles. The summed E-state index contributed by atoms with van der Waals surface area (Å²) in [6, 6.07) is 13.7. The fourth-order valence-electron chi connectivity index (χ4n) is 3.45. The van der Waals surface area contributed by atoms with Crippen molar-refractivity contribution >= 4 is 44.0 Å². The van der Waals surface area contributed by atoms with E-state index in [9.17, 15) is 13.0 Å². The Morgan fingerprint density at radius 2 is 1.75 bits per heavy atom. The molecule has 4 aromatic rings. The maximum atomic E-state index is 11.7. The molecule has 0 unspecified atom stereocenters. The standard InChI is InChI=1S/C18H11N3O5S2/c19-25-26-27-10-4-5-14-15(7-10)21-17-12-3-1-2-9-6-11(28(22,23)24)8-13(16(9)12)18(17)20-14/h1-8H,19H2,(H,22,23,24). The van der Waals surface area contributed by atoms with Crippen LogP contribution in [0.25, 0.3) is 44.3 Å². The Bertz CT molecular complexity index is 1390. The molecule has 1 heterocycles. The molecule has 3 N–H and O–H groups in total. The Morgan fingerprint density at radius 3 is 2.54 bits per heavy atom. The van der Waals surface area contributed by atoms with Gasteiger partial charge in [0, 0.05) is 21.4 Å². The molecular formula is C18H11N3O5S2. The van der Waals surface area contributed by atoms with Crippen molar-refractivity contribution in [1.29, 1.82) is 0 Å². The van der Waals surface area contributed by atoms with E-state index in [4.69, 9.17) is 15.9 Å². The van der Waals surface area contributed by atoms with Crippen LogP contribution >= 0.6 is 12.0 Å². The van der Waals surface area contributed by atoms with Gasteiger partial charge in [0.25, 0.3) is 10.1 Å². The van der Waals surface area contributed by atoms with Crippen molar-refractivity contribution in [2.45, 2.75) is 9.79 Å². The second-order valence-electron chi connectivity index (χ2n) is 6.17. The van der Waals surface area contributed by atoms with Gasteiger partial charge in [-0.25, -0.2) is 9.97 Å². The Labute approximate surface area is 163 Å². The summed E-state index contributed by atoms with van der Waals surface area (Å²) >= 11 is 0.945. The Kier molecular flexibility index (Phi) is 3.88. The van der Waals surface area contributed by atoms with Gasteiger partial charge in [0.2, 0.25) is 0 Å². The number of hydrogen-bond donors (Lipinski definition) is 2. The quantitative estimate of drug-likeness (QED) is 0.197. The summed E-state index contributed by atoms with van der Waals surface area (Å²) in [6.45, 7) is 0. The second kappa shape index (κ2) is 6.21. The highest BCUT2D eigenvalue weighted by Gasteiger charge is 2.27. The van der Waals surface area contributed by atoms with Crippen LogP contribution in [0.5, 0.6) is 0 Å². The molecular weight excluding hydrogens is 402 g/mol. The highest BCUT2D eigenvalue weighted by atomic mass is 32.2. The lowest BCUT2D eigenvalue weighted by atomic mass is 10.0. The van der Waals surface area contributed by atoms with Crippen LogP contribution in [0, 0.1) is 0 Å². The Balaban J connectivity index is 1.78. The molecule has 0 fully saturated rings. The zero-order valence-corrected chi connectivity index (χ0v) is 15.6. The van der Waals surface area contributed by atoms with Crippen LogP contribution in [0.15, 0.2) is 58.3 Å². The van der Waals surface area contributed by atoms with Gasteiger partial charge in [-0.2, -0.15) is 14.3 Å². The number of aromatic nitrogens is 2. The zero-order valence-electron chi connectivity index (χ0n) is 14.0. The number of rotatable bonds is 4. The van der Waals surface area contributed by atoms with Gasteiger partial charge in [0.05, 0.1) is 39.4 Å². The topological polar surface area (TPSA) is 125 Å². The number of benzene rings is 3. The van der Waals surface area contributed by atoms with Crippen molar-refractivity contribution in [2.75, 3.05) is 0 Å². The van der Waals surface area contributed by atoms with Crippen molar-refractivity contribution in [3.8, 4) is 22.5 Å². The molecule has 0 spiro atoms. The molecule has 1 aromatic heterocycles. The average molecular weight is 413 g/mol. The lowest BCUT2D eigenvalue weighted by Gasteiger charge is -2.06. The summed E-state index contributed by atoms with van der Waals surface area (Å²) < 4.78 is 37.6. The minimum Gasteiger partial charge on any atom is -0.282 e. The first-order chi connectivity index (χ1) is 13.5. The van der Waals surface area contributed by atoms with E-state index in [1.54, 1.807) is 24.3 Å². The fourth-order valence-corrected chi connectivity index (χ4v) is 4.40. The van der Waals surface area contributed by atoms with E-state index >= 15 is 0 Å². The first kappa shape index (κ1) is 17.5. The molecule has 0 amide bonds. The third-order valence-corrected chi connectivity index (χ3v) is 5.99. The van der Waals surface area contributed by atoms with E-state index in [0.29, 0.717) is 33.4 Å².